The second kappa shape index (κ2) is 7.02. The second-order valence-electron chi connectivity index (χ2n) is 5.23. The molecular weight excluding hydrogens is 272 g/mol. The summed E-state index contributed by atoms with van der Waals surface area (Å²) in [6, 6.07) is 5.97. The average Bonchev–Trinajstić information content (AvgIpc) is 2.90. The Bertz CT molecular complexity index is 473. The summed E-state index contributed by atoms with van der Waals surface area (Å²) in [5.41, 5.74) is 7.64. The van der Waals surface area contributed by atoms with E-state index in [-0.39, 0.29) is 0 Å². The number of rotatable bonds is 6. The van der Waals surface area contributed by atoms with Crippen LogP contribution in [0.15, 0.2) is 18.2 Å². The second-order valence-corrected chi connectivity index (χ2v) is 5.67. The van der Waals surface area contributed by atoms with Crippen molar-refractivity contribution in [3.63, 3.8) is 0 Å². The predicted molar refractivity (Wildman–Crippen MR) is 84.2 cm³/mol. The van der Waals surface area contributed by atoms with Gasteiger partial charge in [-0.25, -0.2) is 0 Å². The largest absolute Gasteiger partial charge is 0.496 e. The number of likely N-dealkylation sites (N-methyl/N-ethyl adjacent to an activating group) is 1. The molecule has 0 aliphatic carbocycles. The number of hydrogen-bond acceptors (Lipinski definition) is 4. The Morgan fingerprint density at radius 2 is 2.35 bits per heavy atom. The highest BCUT2D eigenvalue weighted by molar-refractivity contribution is 7.80. The molecule has 1 aliphatic rings. The lowest BCUT2D eigenvalue weighted by Crippen LogP contribution is -2.28. The number of benzene rings is 1. The van der Waals surface area contributed by atoms with Crippen molar-refractivity contribution < 1.29 is 9.47 Å². The predicted octanol–water partition coefficient (Wildman–Crippen LogP) is 1.94. The Kier molecular flexibility index (Phi) is 5.34. The molecule has 2 rings (SSSR count). The van der Waals surface area contributed by atoms with Gasteiger partial charge in [0.2, 0.25) is 0 Å². The number of nitrogens with zero attached hydrogens (tertiary/aromatic N) is 1. The molecular formula is C15H22N2O2S. The molecule has 0 saturated carbocycles. The summed E-state index contributed by atoms with van der Waals surface area (Å²) in [5, 5.41) is 0. The molecule has 1 fully saturated rings. The Morgan fingerprint density at radius 1 is 1.55 bits per heavy atom. The van der Waals surface area contributed by atoms with Gasteiger partial charge in [-0.2, -0.15) is 0 Å². The molecule has 0 spiro atoms. The third kappa shape index (κ3) is 3.91. The Balaban J connectivity index is 1.99. The van der Waals surface area contributed by atoms with Crippen molar-refractivity contribution in [2.45, 2.75) is 25.5 Å². The SMILES string of the molecule is COc1cc(CN(C)CC2CCCO2)ccc1C(N)=S. The third-order valence-electron chi connectivity index (χ3n) is 3.52. The molecule has 1 aliphatic heterocycles. The summed E-state index contributed by atoms with van der Waals surface area (Å²) in [6.07, 6.45) is 2.71. The maximum atomic E-state index is 5.67. The molecule has 1 heterocycles. The lowest BCUT2D eigenvalue weighted by atomic mass is 10.1. The smallest absolute Gasteiger partial charge is 0.129 e. The van der Waals surface area contributed by atoms with Crippen molar-refractivity contribution in [2.24, 2.45) is 5.73 Å². The van der Waals surface area contributed by atoms with E-state index in [0.29, 0.717) is 11.1 Å². The Morgan fingerprint density at radius 3 is 2.95 bits per heavy atom. The van der Waals surface area contributed by atoms with E-state index in [0.717, 1.165) is 37.4 Å². The minimum atomic E-state index is 0.362. The van der Waals surface area contributed by atoms with Crippen molar-refractivity contribution in [1.82, 2.24) is 4.90 Å². The maximum Gasteiger partial charge on any atom is 0.129 e. The molecule has 0 aromatic heterocycles. The van der Waals surface area contributed by atoms with Crippen LogP contribution in [0.2, 0.25) is 0 Å². The average molecular weight is 294 g/mol. The summed E-state index contributed by atoms with van der Waals surface area (Å²) in [4.78, 5) is 2.63. The van der Waals surface area contributed by atoms with Gasteiger partial charge >= 0.3 is 0 Å². The Labute approximate surface area is 125 Å². The normalized spacial score (nSPS) is 18.4. The number of methoxy groups -OCH3 is 1. The van der Waals surface area contributed by atoms with Crippen LogP contribution in [0, 0.1) is 0 Å². The lowest BCUT2D eigenvalue weighted by molar-refractivity contribution is 0.0793. The van der Waals surface area contributed by atoms with Gasteiger partial charge in [0.1, 0.15) is 10.7 Å². The first-order chi connectivity index (χ1) is 9.60. The Hall–Kier alpha value is -1.17. The lowest BCUT2D eigenvalue weighted by Gasteiger charge is -2.21. The monoisotopic (exact) mass is 294 g/mol. The van der Waals surface area contributed by atoms with Crippen LogP contribution in [0.5, 0.6) is 5.75 Å². The van der Waals surface area contributed by atoms with Crippen LogP contribution in [0.1, 0.15) is 24.0 Å². The minimum absolute atomic E-state index is 0.362. The summed E-state index contributed by atoms with van der Waals surface area (Å²) < 4.78 is 11.0. The molecule has 2 N–H and O–H groups in total. The van der Waals surface area contributed by atoms with Crippen LogP contribution >= 0.6 is 12.2 Å². The molecule has 5 heteroatoms. The van der Waals surface area contributed by atoms with E-state index in [1.165, 1.54) is 12.0 Å². The van der Waals surface area contributed by atoms with E-state index < -0.39 is 0 Å². The molecule has 1 unspecified atom stereocenters. The van der Waals surface area contributed by atoms with Crippen LogP contribution in [-0.2, 0) is 11.3 Å². The van der Waals surface area contributed by atoms with Gasteiger partial charge < -0.3 is 15.2 Å². The summed E-state index contributed by atoms with van der Waals surface area (Å²) in [7, 11) is 3.74. The number of nitrogens with two attached hydrogens (primary N) is 1. The molecule has 0 bridgehead atoms. The maximum absolute atomic E-state index is 5.67. The zero-order valence-electron chi connectivity index (χ0n) is 12.1. The van der Waals surface area contributed by atoms with Gasteiger partial charge in [-0.05, 0) is 37.6 Å². The fraction of sp³-hybridized carbons (Fsp3) is 0.533. The van der Waals surface area contributed by atoms with E-state index >= 15 is 0 Å². The fourth-order valence-electron chi connectivity index (χ4n) is 2.55. The molecule has 1 aromatic rings. The third-order valence-corrected chi connectivity index (χ3v) is 3.74. The highest BCUT2D eigenvalue weighted by Crippen LogP contribution is 2.21. The van der Waals surface area contributed by atoms with Crippen molar-refractivity contribution in [3.05, 3.63) is 29.3 Å². The van der Waals surface area contributed by atoms with Gasteiger partial charge in [-0.3, -0.25) is 4.90 Å². The number of hydrogen-bond donors (Lipinski definition) is 1. The molecule has 1 saturated heterocycles. The van der Waals surface area contributed by atoms with Crippen LogP contribution in [0.25, 0.3) is 0 Å². The highest BCUT2D eigenvalue weighted by Gasteiger charge is 2.17. The first kappa shape index (κ1) is 15.2. The molecule has 0 amide bonds. The van der Waals surface area contributed by atoms with Crippen LogP contribution in [0.4, 0.5) is 0 Å². The molecule has 20 heavy (non-hydrogen) atoms. The van der Waals surface area contributed by atoms with Gasteiger partial charge in [0.05, 0.1) is 18.8 Å². The minimum Gasteiger partial charge on any atom is -0.496 e. The quantitative estimate of drug-likeness (QED) is 0.813. The van der Waals surface area contributed by atoms with E-state index in [1.54, 1.807) is 7.11 Å². The molecule has 110 valence electrons. The van der Waals surface area contributed by atoms with Crippen molar-refractivity contribution in [3.8, 4) is 5.75 Å². The first-order valence-electron chi connectivity index (χ1n) is 6.87. The van der Waals surface area contributed by atoms with E-state index in [2.05, 4.69) is 11.9 Å². The fourth-order valence-corrected chi connectivity index (χ4v) is 2.72. The van der Waals surface area contributed by atoms with Crippen LogP contribution in [-0.4, -0.2) is 43.3 Å². The van der Waals surface area contributed by atoms with Gasteiger partial charge in [0.25, 0.3) is 0 Å². The van der Waals surface area contributed by atoms with Crippen molar-refractivity contribution >= 4 is 17.2 Å². The highest BCUT2D eigenvalue weighted by atomic mass is 32.1. The zero-order valence-corrected chi connectivity index (χ0v) is 12.9. The van der Waals surface area contributed by atoms with E-state index in [1.807, 2.05) is 18.2 Å². The van der Waals surface area contributed by atoms with Crippen molar-refractivity contribution in [1.29, 1.82) is 0 Å². The molecule has 1 atom stereocenters. The summed E-state index contributed by atoms with van der Waals surface area (Å²) in [6.45, 7) is 2.71. The number of ether oxygens (including phenoxy) is 2. The first-order valence-corrected chi connectivity index (χ1v) is 7.28. The van der Waals surface area contributed by atoms with Crippen molar-refractivity contribution in [2.75, 3.05) is 27.3 Å². The van der Waals surface area contributed by atoms with E-state index in [9.17, 15) is 0 Å². The molecule has 0 radical (unpaired) electrons. The van der Waals surface area contributed by atoms with Gasteiger partial charge in [0.15, 0.2) is 0 Å². The summed E-state index contributed by atoms with van der Waals surface area (Å²) in [5.74, 6) is 0.737. The molecule has 1 aromatic carbocycles. The standard InChI is InChI=1S/C15H22N2O2S/c1-17(10-12-4-3-7-19-12)9-11-5-6-13(15(16)20)14(8-11)18-2/h5-6,8,12H,3-4,7,9-10H2,1-2H3,(H2,16,20). The number of thiocarbonyl (C=S) groups is 1. The van der Waals surface area contributed by atoms with Crippen LogP contribution < -0.4 is 10.5 Å². The van der Waals surface area contributed by atoms with E-state index in [4.69, 9.17) is 27.4 Å². The topological polar surface area (TPSA) is 47.7 Å². The van der Waals surface area contributed by atoms with Gasteiger partial charge in [0, 0.05) is 19.7 Å². The van der Waals surface area contributed by atoms with Gasteiger partial charge in [-0.15, -0.1) is 0 Å². The van der Waals surface area contributed by atoms with Gasteiger partial charge in [-0.1, -0.05) is 18.3 Å². The zero-order chi connectivity index (χ0) is 14.5. The molecule has 4 nitrogen and oxygen atoms in total. The summed E-state index contributed by atoms with van der Waals surface area (Å²) >= 11 is 5.01. The van der Waals surface area contributed by atoms with Crippen LogP contribution in [0.3, 0.4) is 0 Å².